The molecule has 6 nitrogen and oxygen atoms in total. The Bertz CT molecular complexity index is 729. The van der Waals surface area contributed by atoms with Crippen molar-refractivity contribution in [2.75, 3.05) is 5.32 Å². The van der Waals surface area contributed by atoms with E-state index >= 15 is 0 Å². The van der Waals surface area contributed by atoms with Crippen molar-refractivity contribution in [1.29, 1.82) is 0 Å². The first-order chi connectivity index (χ1) is 10.9. The van der Waals surface area contributed by atoms with Gasteiger partial charge in [0, 0.05) is 4.47 Å². The highest BCUT2D eigenvalue weighted by Crippen LogP contribution is 2.48. The molecule has 0 heterocycles. The standard InChI is InChI=1S/C16H14BrNO5/c17-10-4-3-9(15(20)21)6-11(10)18-14(19)12-7-1-2-8(5-7)13(12)16(22)23/h1-4,6-8,12-13H,5H2,(H,18,19)(H,20,21)(H,22,23)/t7-,8-,12+,13+/m0/s1. The number of benzene rings is 1. The van der Waals surface area contributed by atoms with E-state index in [1.54, 1.807) is 0 Å². The maximum Gasteiger partial charge on any atom is 0.335 e. The lowest BCUT2D eigenvalue weighted by molar-refractivity contribution is -0.146. The summed E-state index contributed by atoms with van der Waals surface area (Å²) in [6.45, 7) is 0. The monoisotopic (exact) mass is 379 g/mol. The van der Waals surface area contributed by atoms with Gasteiger partial charge in [-0.05, 0) is 52.4 Å². The van der Waals surface area contributed by atoms with Crippen LogP contribution in [0.4, 0.5) is 5.69 Å². The third kappa shape index (κ3) is 2.76. The Morgan fingerprint density at radius 1 is 1.09 bits per heavy atom. The Balaban J connectivity index is 1.85. The smallest absolute Gasteiger partial charge is 0.335 e. The molecule has 0 saturated heterocycles. The number of hydrogen-bond donors (Lipinski definition) is 3. The first-order valence-electron chi connectivity index (χ1n) is 7.13. The molecule has 1 fully saturated rings. The van der Waals surface area contributed by atoms with Gasteiger partial charge in [-0.15, -0.1) is 0 Å². The minimum atomic E-state index is -1.10. The van der Waals surface area contributed by atoms with Crippen LogP contribution in [0.25, 0.3) is 0 Å². The number of amides is 1. The van der Waals surface area contributed by atoms with Crippen LogP contribution >= 0.6 is 15.9 Å². The van der Waals surface area contributed by atoms with E-state index < -0.39 is 29.7 Å². The van der Waals surface area contributed by atoms with Crippen LogP contribution in [0.3, 0.4) is 0 Å². The molecule has 3 rings (SSSR count). The average molecular weight is 380 g/mol. The average Bonchev–Trinajstić information content (AvgIpc) is 3.09. The molecular formula is C16H14BrNO5. The van der Waals surface area contributed by atoms with E-state index in [1.165, 1.54) is 18.2 Å². The maximum atomic E-state index is 12.6. The van der Waals surface area contributed by atoms with Crippen molar-refractivity contribution in [2.45, 2.75) is 6.42 Å². The zero-order chi connectivity index (χ0) is 16.7. The second-order valence-electron chi connectivity index (χ2n) is 5.83. The van der Waals surface area contributed by atoms with Gasteiger partial charge in [0.1, 0.15) is 0 Å². The summed E-state index contributed by atoms with van der Waals surface area (Å²) in [7, 11) is 0. The molecule has 2 aliphatic rings. The number of carboxylic acid groups (broad SMARTS) is 2. The molecular weight excluding hydrogens is 366 g/mol. The van der Waals surface area contributed by atoms with Gasteiger partial charge in [0.15, 0.2) is 0 Å². The topological polar surface area (TPSA) is 104 Å². The predicted molar refractivity (Wildman–Crippen MR) is 85.1 cm³/mol. The lowest BCUT2D eigenvalue weighted by atomic mass is 9.82. The van der Waals surface area contributed by atoms with E-state index in [-0.39, 0.29) is 17.4 Å². The van der Waals surface area contributed by atoms with Gasteiger partial charge in [-0.2, -0.15) is 0 Å². The van der Waals surface area contributed by atoms with Crippen LogP contribution in [0.15, 0.2) is 34.8 Å². The van der Waals surface area contributed by atoms with E-state index in [9.17, 15) is 19.5 Å². The molecule has 1 amide bonds. The van der Waals surface area contributed by atoms with Gasteiger partial charge in [0.2, 0.25) is 5.91 Å². The number of carbonyl (C=O) groups excluding carboxylic acids is 1. The van der Waals surface area contributed by atoms with Crippen molar-refractivity contribution in [1.82, 2.24) is 0 Å². The van der Waals surface area contributed by atoms with Gasteiger partial charge < -0.3 is 15.5 Å². The summed E-state index contributed by atoms with van der Waals surface area (Å²) in [6.07, 6.45) is 4.44. The summed E-state index contributed by atoms with van der Waals surface area (Å²) in [5.74, 6) is -4.02. The molecule has 7 heteroatoms. The fourth-order valence-corrected chi connectivity index (χ4v) is 3.83. The summed E-state index contributed by atoms with van der Waals surface area (Å²) in [5, 5.41) is 21.1. The molecule has 0 radical (unpaired) electrons. The van der Waals surface area contributed by atoms with Crippen LogP contribution in [0, 0.1) is 23.7 Å². The molecule has 2 aliphatic carbocycles. The zero-order valence-electron chi connectivity index (χ0n) is 11.9. The number of nitrogens with one attached hydrogen (secondary N) is 1. The number of anilines is 1. The highest BCUT2D eigenvalue weighted by molar-refractivity contribution is 9.10. The number of rotatable bonds is 4. The van der Waals surface area contributed by atoms with Crippen molar-refractivity contribution in [2.24, 2.45) is 23.7 Å². The minimum Gasteiger partial charge on any atom is -0.481 e. The number of hydrogen-bond acceptors (Lipinski definition) is 3. The SMILES string of the molecule is O=C(O)c1ccc(Br)c(NC(=O)[C@H]2[C@H](C(=O)O)[C@H]3C=C[C@H]2C3)c1. The van der Waals surface area contributed by atoms with E-state index in [1.807, 2.05) is 12.2 Å². The molecule has 4 atom stereocenters. The fraction of sp³-hybridized carbons (Fsp3) is 0.312. The first-order valence-corrected chi connectivity index (χ1v) is 7.92. The van der Waals surface area contributed by atoms with Crippen molar-refractivity contribution in [3.05, 3.63) is 40.4 Å². The number of halogens is 1. The van der Waals surface area contributed by atoms with Crippen LogP contribution < -0.4 is 5.32 Å². The quantitative estimate of drug-likeness (QED) is 0.697. The number of aromatic carboxylic acids is 1. The first kappa shape index (κ1) is 15.7. The molecule has 0 aromatic heterocycles. The van der Waals surface area contributed by atoms with Crippen molar-refractivity contribution < 1.29 is 24.6 Å². The van der Waals surface area contributed by atoms with Gasteiger partial charge in [0.05, 0.1) is 23.1 Å². The number of carboxylic acids is 2. The molecule has 1 aromatic carbocycles. The molecule has 3 N–H and O–H groups in total. The lowest BCUT2D eigenvalue weighted by Gasteiger charge is -2.24. The van der Waals surface area contributed by atoms with Crippen molar-refractivity contribution in [3.8, 4) is 0 Å². The van der Waals surface area contributed by atoms with Crippen LogP contribution in [-0.2, 0) is 9.59 Å². The van der Waals surface area contributed by atoms with Crippen LogP contribution in [-0.4, -0.2) is 28.1 Å². The van der Waals surface area contributed by atoms with E-state index in [2.05, 4.69) is 21.2 Å². The molecule has 1 saturated carbocycles. The van der Waals surface area contributed by atoms with Crippen LogP contribution in [0.2, 0.25) is 0 Å². The predicted octanol–water partition coefficient (Wildman–Crippen LogP) is 2.61. The summed E-state index contributed by atoms with van der Waals surface area (Å²) in [5.41, 5.74) is 0.372. The molecule has 0 spiro atoms. The van der Waals surface area contributed by atoms with Gasteiger partial charge in [-0.3, -0.25) is 9.59 Å². The van der Waals surface area contributed by atoms with Gasteiger partial charge in [0.25, 0.3) is 0 Å². The van der Waals surface area contributed by atoms with E-state index in [0.29, 0.717) is 16.6 Å². The Morgan fingerprint density at radius 2 is 1.74 bits per heavy atom. The number of aliphatic carboxylic acids is 1. The van der Waals surface area contributed by atoms with Crippen molar-refractivity contribution >= 4 is 39.5 Å². The second kappa shape index (κ2) is 5.81. The highest BCUT2D eigenvalue weighted by atomic mass is 79.9. The highest BCUT2D eigenvalue weighted by Gasteiger charge is 2.51. The Kier molecular flexibility index (Phi) is 3.97. The Hall–Kier alpha value is -2.15. The maximum absolute atomic E-state index is 12.6. The Morgan fingerprint density at radius 3 is 2.35 bits per heavy atom. The van der Waals surface area contributed by atoms with E-state index in [4.69, 9.17) is 5.11 Å². The molecule has 120 valence electrons. The number of carbonyl (C=O) groups is 3. The molecule has 23 heavy (non-hydrogen) atoms. The third-order valence-electron chi connectivity index (χ3n) is 4.52. The zero-order valence-corrected chi connectivity index (χ0v) is 13.5. The fourth-order valence-electron chi connectivity index (χ4n) is 3.49. The van der Waals surface area contributed by atoms with Crippen LogP contribution in [0.1, 0.15) is 16.8 Å². The van der Waals surface area contributed by atoms with E-state index in [0.717, 1.165) is 0 Å². The summed E-state index contributed by atoms with van der Waals surface area (Å²) >= 11 is 3.26. The lowest BCUT2D eigenvalue weighted by Crippen LogP contribution is -2.36. The minimum absolute atomic E-state index is 0.0473. The molecule has 0 aliphatic heterocycles. The summed E-state index contributed by atoms with van der Waals surface area (Å²) in [6, 6.07) is 4.31. The third-order valence-corrected chi connectivity index (χ3v) is 5.21. The largest absolute Gasteiger partial charge is 0.481 e. The number of allylic oxidation sites excluding steroid dienone is 2. The van der Waals surface area contributed by atoms with Gasteiger partial charge >= 0.3 is 11.9 Å². The Labute approximate surface area is 140 Å². The second-order valence-corrected chi connectivity index (χ2v) is 6.68. The normalized spacial score (nSPS) is 27.9. The van der Waals surface area contributed by atoms with Gasteiger partial charge in [-0.1, -0.05) is 12.2 Å². The number of fused-ring (bicyclic) bond motifs is 2. The van der Waals surface area contributed by atoms with Crippen molar-refractivity contribution in [3.63, 3.8) is 0 Å². The van der Waals surface area contributed by atoms with Gasteiger partial charge in [-0.25, -0.2) is 4.79 Å². The molecule has 2 bridgehead atoms. The summed E-state index contributed by atoms with van der Waals surface area (Å²) in [4.78, 5) is 35.1. The summed E-state index contributed by atoms with van der Waals surface area (Å²) < 4.78 is 0.543. The molecule has 1 aromatic rings. The van der Waals surface area contributed by atoms with Crippen LogP contribution in [0.5, 0.6) is 0 Å². The molecule has 0 unspecified atom stereocenters.